The van der Waals surface area contributed by atoms with E-state index in [1.54, 1.807) is 41.7 Å². The van der Waals surface area contributed by atoms with Crippen molar-refractivity contribution < 1.29 is 0 Å². The molecule has 2 N–H and O–H groups in total. The maximum absolute atomic E-state index is 6.06. The zero-order valence-electron chi connectivity index (χ0n) is 9.83. The first kappa shape index (κ1) is 12.5. The Balaban J connectivity index is 2.19. The van der Waals surface area contributed by atoms with Gasteiger partial charge in [0.1, 0.15) is 5.03 Å². The van der Waals surface area contributed by atoms with Gasteiger partial charge < -0.3 is 5.73 Å². The van der Waals surface area contributed by atoms with Gasteiger partial charge in [-0.1, -0.05) is 11.8 Å². The van der Waals surface area contributed by atoms with E-state index < -0.39 is 0 Å². The Morgan fingerprint density at radius 3 is 2.71 bits per heavy atom. The molecule has 90 valence electrons. The van der Waals surface area contributed by atoms with Crippen LogP contribution in [-0.2, 0) is 0 Å². The standard InChI is InChI=1S/C12H15N3S2/c1-8-3-4-10(16-8)12(9(2)13)17-11-7-14-5-6-15-11/h3-7,9,12H,13H2,1-2H3. The lowest BCUT2D eigenvalue weighted by atomic mass is 10.2. The Kier molecular flexibility index (Phi) is 4.15. The molecule has 17 heavy (non-hydrogen) atoms. The Labute approximate surface area is 109 Å². The van der Waals surface area contributed by atoms with E-state index in [1.807, 2.05) is 6.92 Å². The molecule has 0 aliphatic rings. The molecule has 3 nitrogen and oxygen atoms in total. The van der Waals surface area contributed by atoms with Gasteiger partial charge in [-0.15, -0.1) is 11.3 Å². The number of hydrogen-bond acceptors (Lipinski definition) is 5. The van der Waals surface area contributed by atoms with Crippen molar-refractivity contribution >= 4 is 23.1 Å². The molecule has 0 fully saturated rings. The van der Waals surface area contributed by atoms with Gasteiger partial charge in [-0.05, 0) is 26.0 Å². The molecule has 5 heteroatoms. The summed E-state index contributed by atoms with van der Waals surface area (Å²) in [5.74, 6) is 0. The van der Waals surface area contributed by atoms with Crippen LogP contribution in [0.25, 0.3) is 0 Å². The summed E-state index contributed by atoms with van der Waals surface area (Å²) in [5, 5.41) is 1.16. The van der Waals surface area contributed by atoms with E-state index in [1.165, 1.54) is 9.75 Å². The maximum atomic E-state index is 6.06. The average molecular weight is 265 g/mol. The Morgan fingerprint density at radius 2 is 2.18 bits per heavy atom. The lowest BCUT2D eigenvalue weighted by Gasteiger charge is -2.18. The van der Waals surface area contributed by atoms with Gasteiger partial charge in [0, 0.05) is 28.2 Å². The zero-order chi connectivity index (χ0) is 12.3. The predicted molar refractivity (Wildman–Crippen MR) is 73.3 cm³/mol. The second-order valence-corrected chi connectivity index (χ2v) is 6.37. The summed E-state index contributed by atoms with van der Waals surface area (Å²) in [7, 11) is 0. The quantitative estimate of drug-likeness (QED) is 0.863. The minimum Gasteiger partial charge on any atom is -0.327 e. The number of thioether (sulfide) groups is 1. The highest BCUT2D eigenvalue weighted by atomic mass is 32.2. The SMILES string of the molecule is Cc1ccc(C(Sc2cnccn2)C(C)N)s1. The molecular weight excluding hydrogens is 250 g/mol. The van der Waals surface area contributed by atoms with Gasteiger partial charge in [-0.3, -0.25) is 4.98 Å². The van der Waals surface area contributed by atoms with Crippen molar-refractivity contribution in [3.63, 3.8) is 0 Å². The molecule has 0 bridgehead atoms. The molecule has 0 saturated carbocycles. The topological polar surface area (TPSA) is 51.8 Å². The van der Waals surface area contributed by atoms with E-state index in [0.29, 0.717) is 0 Å². The summed E-state index contributed by atoms with van der Waals surface area (Å²) in [6.07, 6.45) is 5.17. The van der Waals surface area contributed by atoms with Crippen molar-refractivity contribution in [1.29, 1.82) is 0 Å². The van der Waals surface area contributed by atoms with Gasteiger partial charge in [-0.25, -0.2) is 4.98 Å². The number of hydrogen-bond donors (Lipinski definition) is 1. The summed E-state index contributed by atoms with van der Waals surface area (Å²) < 4.78 is 0. The van der Waals surface area contributed by atoms with Gasteiger partial charge >= 0.3 is 0 Å². The molecule has 2 aromatic heterocycles. The van der Waals surface area contributed by atoms with Crippen LogP contribution in [0.1, 0.15) is 21.9 Å². The number of rotatable bonds is 4. The third-order valence-corrected chi connectivity index (χ3v) is 4.93. The summed E-state index contributed by atoms with van der Waals surface area (Å²) in [4.78, 5) is 11.0. The Hall–Kier alpha value is -0.910. The van der Waals surface area contributed by atoms with Gasteiger partial charge in [0.2, 0.25) is 0 Å². The van der Waals surface area contributed by atoms with E-state index in [4.69, 9.17) is 5.73 Å². The van der Waals surface area contributed by atoms with E-state index in [2.05, 4.69) is 29.0 Å². The average Bonchev–Trinajstić information content (AvgIpc) is 2.73. The highest BCUT2D eigenvalue weighted by molar-refractivity contribution is 7.99. The summed E-state index contributed by atoms with van der Waals surface area (Å²) in [5.41, 5.74) is 6.06. The van der Waals surface area contributed by atoms with Gasteiger partial charge in [0.05, 0.1) is 11.4 Å². The molecule has 0 aliphatic heterocycles. The van der Waals surface area contributed by atoms with E-state index in [9.17, 15) is 0 Å². The van der Waals surface area contributed by atoms with E-state index in [0.717, 1.165) is 5.03 Å². The molecule has 2 atom stereocenters. The summed E-state index contributed by atoms with van der Waals surface area (Å²) >= 11 is 3.47. The highest BCUT2D eigenvalue weighted by Gasteiger charge is 2.19. The fourth-order valence-electron chi connectivity index (χ4n) is 1.51. The fourth-order valence-corrected chi connectivity index (χ4v) is 3.68. The molecule has 0 radical (unpaired) electrons. The van der Waals surface area contributed by atoms with Crippen molar-refractivity contribution in [2.24, 2.45) is 5.73 Å². The summed E-state index contributed by atoms with van der Waals surface area (Å²) in [6.45, 7) is 4.14. The van der Waals surface area contributed by atoms with Crippen LogP contribution in [0.2, 0.25) is 0 Å². The predicted octanol–water partition coefficient (Wildman–Crippen LogP) is 3.03. The van der Waals surface area contributed by atoms with Gasteiger partial charge in [0.25, 0.3) is 0 Å². The Morgan fingerprint density at radius 1 is 1.35 bits per heavy atom. The van der Waals surface area contributed by atoms with Crippen LogP contribution < -0.4 is 5.73 Å². The van der Waals surface area contributed by atoms with Gasteiger partial charge in [-0.2, -0.15) is 0 Å². The lowest BCUT2D eigenvalue weighted by Crippen LogP contribution is -2.21. The maximum Gasteiger partial charge on any atom is 0.115 e. The monoisotopic (exact) mass is 265 g/mol. The van der Waals surface area contributed by atoms with Crippen LogP contribution in [0.5, 0.6) is 0 Å². The molecule has 0 saturated heterocycles. The highest BCUT2D eigenvalue weighted by Crippen LogP contribution is 2.38. The molecule has 0 aromatic carbocycles. The van der Waals surface area contributed by atoms with Crippen LogP contribution in [-0.4, -0.2) is 16.0 Å². The zero-order valence-corrected chi connectivity index (χ0v) is 11.5. The summed E-state index contributed by atoms with van der Waals surface area (Å²) in [6, 6.07) is 4.37. The van der Waals surface area contributed by atoms with E-state index >= 15 is 0 Å². The number of thiophene rings is 1. The van der Waals surface area contributed by atoms with Crippen molar-refractivity contribution in [1.82, 2.24) is 9.97 Å². The van der Waals surface area contributed by atoms with Crippen LogP contribution in [0, 0.1) is 6.92 Å². The number of aryl methyl sites for hydroxylation is 1. The molecule has 2 aromatic rings. The first-order valence-corrected chi connectivity index (χ1v) is 7.11. The molecule has 2 heterocycles. The molecule has 2 rings (SSSR count). The van der Waals surface area contributed by atoms with Crippen LogP contribution in [0.3, 0.4) is 0 Å². The van der Waals surface area contributed by atoms with Crippen molar-refractivity contribution in [3.05, 3.63) is 40.5 Å². The fraction of sp³-hybridized carbons (Fsp3) is 0.333. The molecule has 0 spiro atoms. The number of aromatic nitrogens is 2. The smallest absolute Gasteiger partial charge is 0.115 e. The first-order valence-electron chi connectivity index (χ1n) is 5.41. The third-order valence-electron chi connectivity index (χ3n) is 2.31. The molecule has 2 unspecified atom stereocenters. The number of nitrogens with zero attached hydrogens (tertiary/aromatic N) is 2. The van der Waals surface area contributed by atoms with Crippen LogP contribution >= 0.6 is 23.1 Å². The van der Waals surface area contributed by atoms with Crippen LogP contribution in [0.4, 0.5) is 0 Å². The number of nitrogens with two attached hydrogens (primary N) is 1. The van der Waals surface area contributed by atoms with E-state index in [-0.39, 0.29) is 11.3 Å². The second kappa shape index (κ2) is 5.62. The minimum atomic E-state index is 0.0834. The second-order valence-electron chi connectivity index (χ2n) is 3.89. The lowest BCUT2D eigenvalue weighted by molar-refractivity contribution is 0.728. The van der Waals surface area contributed by atoms with Gasteiger partial charge in [0.15, 0.2) is 0 Å². The normalized spacial score (nSPS) is 14.5. The van der Waals surface area contributed by atoms with Crippen molar-refractivity contribution in [3.8, 4) is 0 Å². The first-order chi connectivity index (χ1) is 8.16. The molecule has 0 aliphatic carbocycles. The minimum absolute atomic E-state index is 0.0834. The van der Waals surface area contributed by atoms with Crippen molar-refractivity contribution in [2.75, 3.05) is 0 Å². The Bertz CT molecular complexity index is 468. The van der Waals surface area contributed by atoms with Crippen LogP contribution in [0.15, 0.2) is 35.7 Å². The third kappa shape index (κ3) is 3.28. The molecular formula is C12H15N3S2. The largest absolute Gasteiger partial charge is 0.327 e. The molecule has 0 amide bonds. The van der Waals surface area contributed by atoms with Crippen molar-refractivity contribution in [2.45, 2.75) is 30.2 Å².